The lowest BCUT2D eigenvalue weighted by Crippen LogP contribution is -2.46. The average Bonchev–Trinajstić information content (AvgIpc) is 2.85. The Balaban J connectivity index is 1.63. The van der Waals surface area contributed by atoms with Gasteiger partial charge in [-0.3, -0.25) is 0 Å². The summed E-state index contributed by atoms with van der Waals surface area (Å²) < 4.78 is 5.15. The number of benzene rings is 3. The molecule has 1 N–H and O–H groups in total. The lowest BCUT2D eigenvalue weighted by Gasteiger charge is -2.42. The monoisotopic (exact) mass is 415 g/mol. The molecule has 1 aliphatic heterocycles. The minimum absolute atomic E-state index is 0.00292. The highest BCUT2D eigenvalue weighted by Gasteiger charge is 2.42. The van der Waals surface area contributed by atoms with Gasteiger partial charge in [-0.15, -0.1) is 0 Å². The highest BCUT2D eigenvalue weighted by Crippen LogP contribution is 2.42. The first kappa shape index (κ1) is 21.1. The van der Waals surface area contributed by atoms with E-state index in [-0.39, 0.29) is 12.0 Å². The molecule has 31 heavy (non-hydrogen) atoms. The first-order valence-corrected chi connectivity index (χ1v) is 11.0. The number of likely N-dealkylation sites (tertiary alicyclic amines) is 1. The number of piperidine rings is 1. The van der Waals surface area contributed by atoms with E-state index in [1.54, 1.807) is 4.90 Å². The maximum absolute atomic E-state index is 12.1. The summed E-state index contributed by atoms with van der Waals surface area (Å²) in [6.07, 6.45) is 1.16. The zero-order valence-electron chi connectivity index (χ0n) is 17.9. The molecule has 4 rings (SSSR count). The quantitative estimate of drug-likeness (QED) is 0.602. The van der Waals surface area contributed by atoms with Gasteiger partial charge in [-0.1, -0.05) is 84.9 Å². The van der Waals surface area contributed by atoms with Gasteiger partial charge in [0.25, 0.3) is 0 Å². The molecule has 160 valence electrons. The molecule has 1 fully saturated rings. The molecule has 0 saturated carbocycles. The van der Waals surface area contributed by atoms with Crippen molar-refractivity contribution < 1.29 is 14.6 Å². The van der Waals surface area contributed by atoms with Crippen molar-refractivity contribution in [2.75, 3.05) is 19.7 Å². The Morgan fingerprint density at radius 3 is 1.97 bits per heavy atom. The molecule has 1 heterocycles. The van der Waals surface area contributed by atoms with Crippen molar-refractivity contribution in [3.63, 3.8) is 0 Å². The van der Waals surface area contributed by atoms with Crippen LogP contribution in [0.15, 0.2) is 84.9 Å². The third kappa shape index (κ3) is 4.35. The zero-order chi connectivity index (χ0) is 21.7. The lowest BCUT2D eigenvalue weighted by molar-refractivity contribution is -0.0141. The molecule has 3 aromatic rings. The third-order valence-electron chi connectivity index (χ3n) is 6.26. The number of hydrogen-bond acceptors (Lipinski definition) is 3. The van der Waals surface area contributed by atoms with Crippen molar-refractivity contribution in [3.8, 4) is 11.1 Å². The van der Waals surface area contributed by atoms with Crippen LogP contribution in [0.3, 0.4) is 0 Å². The van der Waals surface area contributed by atoms with Gasteiger partial charge in [0.15, 0.2) is 0 Å². The summed E-state index contributed by atoms with van der Waals surface area (Å²) in [6.45, 7) is 3.36. The van der Waals surface area contributed by atoms with Crippen LogP contribution in [0, 0.1) is 5.92 Å². The van der Waals surface area contributed by atoms with Crippen LogP contribution < -0.4 is 0 Å². The summed E-state index contributed by atoms with van der Waals surface area (Å²) in [5, 5.41) is 12.1. The largest absolute Gasteiger partial charge is 0.450 e. The predicted molar refractivity (Wildman–Crippen MR) is 123 cm³/mol. The first-order valence-electron chi connectivity index (χ1n) is 11.0. The first-order chi connectivity index (χ1) is 15.1. The van der Waals surface area contributed by atoms with Gasteiger partial charge in [0.1, 0.15) is 5.60 Å². The van der Waals surface area contributed by atoms with E-state index in [1.807, 2.05) is 67.6 Å². The van der Waals surface area contributed by atoms with E-state index in [0.717, 1.165) is 22.3 Å². The van der Waals surface area contributed by atoms with Crippen molar-refractivity contribution in [1.29, 1.82) is 0 Å². The van der Waals surface area contributed by atoms with Gasteiger partial charge in [-0.05, 0) is 47.9 Å². The Hall–Kier alpha value is -3.11. The lowest BCUT2D eigenvalue weighted by atomic mass is 9.72. The van der Waals surface area contributed by atoms with Crippen molar-refractivity contribution in [1.82, 2.24) is 4.90 Å². The van der Waals surface area contributed by atoms with Crippen LogP contribution in [0.1, 0.15) is 30.9 Å². The van der Waals surface area contributed by atoms with Gasteiger partial charge in [-0.2, -0.15) is 0 Å². The van der Waals surface area contributed by atoms with Crippen LogP contribution in [-0.2, 0) is 10.3 Å². The summed E-state index contributed by atoms with van der Waals surface area (Å²) >= 11 is 0. The fourth-order valence-corrected chi connectivity index (χ4v) is 4.57. The van der Waals surface area contributed by atoms with E-state index in [9.17, 15) is 9.90 Å². The van der Waals surface area contributed by atoms with Crippen LogP contribution in [0.5, 0.6) is 0 Å². The topological polar surface area (TPSA) is 49.8 Å². The molecule has 0 aliphatic carbocycles. The second kappa shape index (κ2) is 9.36. The fraction of sp³-hybridized carbons (Fsp3) is 0.296. The second-order valence-corrected chi connectivity index (χ2v) is 8.04. The van der Waals surface area contributed by atoms with Crippen molar-refractivity contribution in [2.24, 2.45) is 5.92 Å². The molecule has 1 atom stereocenters. The molecule has 4 heteroatoms. The minimum atomic E-state index is -1.11. The molecular weight excluding hydrogens is 386 g/mol. The predicted octanol–water partition coefficient (Wildman–Crippen LogP) is 5.46. The Labute approximate surface area is 184 Å². The Bertz CT molecular complexity index is 980. The Kier molecular flexibility index (Phi) is 6.38. The molecule has 0 radical (unpaired) electrons. The summed E-state index contributed by atoms with van der Waals surface area (Å²) in [5.74, 6) is 0.00292. The fourth-order valence-electron chi connectivity index (χ4n) is 4.57. The zero-order valence-corrected chi connectivity index (χ0v) is 17.9. The van der Waals surface area contributed by atoms with Gasteiger partial charge in [0.2, 0.25) is 0 Å². The second-order valence-electron chi connectivity index (χ2n) is 8.04. The molecule has 1 amide bonds. The number of aliphatic hydroxyl groups is 1. The maximum Gasteiger partial charge on any atom is 0.409 e. The Morgan fingerprint density at radius 2 is 1.39 bits per heavy atom. The van der Waals surface area contributed by atoms with Crippen LogP contribution in [-0.4, -0.2) is 35.8 Å². The number of carbonyl (C=O) groups is 1. The number of ether oxygens (including phenoxy) is 1. The van der Waals surface area contributed by atoms with Gasteiger partial charge in [0, 0.05) is 13.1 Å². The molecule has 3 aromatic carbocycles. The molecule has 0 spiro atoms. The normalized spacial score (nSPS) is 16.5. The van der Waals surface area contributed by atoms with Gasteiger partial charge >= 0.3 is 6.09 Å². The third-order valence-corrected chi connectivity index (χ3v) is 6.26. The van der Waals surface area contributed by atoms with Gasteiger partial charge in [0.05, 0.1) is 6.61 Å². The number of carbonyl (C=O) groups excluding carboxylic acids is 1. The summed E-state index contributed by atoms with van der Waals surface area (Å²) in [7, 11) is 0. The van der Waals surface area contributed by atoms with Gasteiger partial charge < -0.3 is 14.7 Å². The SMILES string of the molecule is CCOC(=O)N1CCC(C(O)(c2ccccc2)c2ccc(-c3ccccc3)cc2)CC1. The van der Waals surface area contributed by atoms with E-state index in [4.69, 9.17) is 4.74 Å². The van der Waals surface area contributed by atoms with Crippen molar-refractivity contribution in [3.05, 3.63) is 96.1 Å². The smallest absolute Gasteiger partial charge is 0.409 e. The highest BCUT2D eigenvalue weighted by atomic mass is 16.6. The molecule has 4 nitrogen and oxygen atoms in total. The molecule has 0 aromatic heterocycles. The highest BCUT2D eigenvalue weighted by molar-refractivity contribution is 5.67. The summed E-state index contributed by atoms with van der Waals surface area (Å²) in [4.78, 5) is 13.8. The van der Waals surface area contributed by atoms with E-state index in [2.05, 4.69) is 24.3 Å². The number of amides is 1. The average molecular weight is 416 g/mol. The molecule has 0 bridgehead atoms. The number of rotatable bonds is 5. The van der Waals surface area contributed by atoms with E-state index >= 15 is 0 Å². The van der Waals surface area contributed by atoms with Gasteiger partial charge in [-0.25, -0.2) is 4.79 Å². The minimum Gasteiger partial charge on any atom is -0.450 e. The summed E-state index contributed by atoms with van der Waals surface area (Å²) in [6, 6.07) is 28.3. The van der Waals surface area contributed by atoms with E-state index < -0.39 is 5.60 Å². The standard InChI is InChI=1S/C27H29NO3/c1-2-31-26(29)28-19-17-25(18-20-28)27(30,23-11-7-4-8-12-23)24-15-13-22(14-16-24)21-9-5-3-6-10-21/h3-16,25,30H,2,17-20H2,1H3. The number of hydrogen-bond donors (Lipinski definition) is 1. The van der Waals surface area contributed by atoms with Crippen LogP contribution in [0.4, 0.5) is 4.79 Å². The maximum atomic E-state index is 12.1. The molecule has 1 saturated heterocycles. The molecule has 1 unspecified atom stereocenters. The molecular formula is C27H29NO3. The van der Waals surface area contributed by atoms with E-state index in [1.165, 1.54) is 0 Å². The van der Waals surface area contributed by atoms with Crippen molar-refractivity contribution >= 4 is 6.09 Å². The van der Waals surface area contributed by atoms with Crippen molar-refractivity contribution in [2.45, 2.75) is 25.4 Å². The van der Waals surface area contributed by atoms with Crippen LogP contribution in [0.25, 0.3) is 11.1 Å². The number of nitrogens with zero attached hydrogens (tertiary/aromatic N) is 1. The summed E-state index contributed by atoms with van der Waals surface area (Å²) in [5.41, 5.74) is 2.93. The Morgan fingerprint density at radius 1 is 0.871 bits per heavy atom. The van der Waals surface area contributed by atoms with Crippen LogP contribution in [0.2, 0.25) is 0 Å². The van der Waals surface area contributed by atoms with E-state index in [0.29, 0.717) is 32.5 Å². The molecule has 1 aliphatic rings. The van der Waals surface area contributed by atoms with Crippen LogP contribution >= 0.6 is 0 Å².